The van der Waals surface area contributed by atoms with Crippen molar-refractivity contribution in [1.29, 1.82) is 0 Å². The zero-order valence-electron chi connectivity index (χ0n) is 16.4. The Morgan fingerprint density at radius 3 is 2.63 bits per heavy atom. The van der Waals surface area contributed by atoms with Crippen LogP contribution in [-0.2, 0) is 6.54 Å². The second-order valence-corrected chi connectivity index (χ2v) is 9.20. The van der Waals surface area contributed by atoms with Gasteiger partial charge >= 0.3 is 0 Å². The maximum Gasteiger partial charge on any atom is 0.264 e. The van der Waals surface area contributed by atoms with E-state index in [1.807, 2.05) is 34.1 Å². The molecule has 154 valence electrons. The van der Waals surface area contributed by atoms with Gasteiger partial charge in [0, 0.05) is 43.1 Å². The van der Waals surface area contributed by atoms with Crippen LogP contribution in [0.5, 0.6) is 0 Å². The number of anilines is 1. The van der Waals surface area contributed by atoms with Crippen molar-refractivity contribution in [2.24, 2.45) is 0 Å². The van der Waals surface area contributed by atoms with E-state index in [9.17, 15) is 9.18 Å². The number of nitrogens with zero attached hydrogens (tertiary/aromatic N) is 5. The molecule has 0 unspecified atom stereocenters. The number of carbonyl (C=O) groups is 1. The van der Waals surface area contributed by atoms with Gasteiger partial charge in [0.25, 0.3) is 5.91 Å². The minimum atomic E-state index is -0.250. The molecule has 5 rings (SSSR count). The molecule has 4 heterocycles. The minimum Gasteiger partial charge on any atom is -0.345 e. The van der Waals surface area contributed by atoms with Crippen molar-refractivity contribution < 1.29 is 9.18 Å². The first-order chi connectivity index (χ1) is 14.6. The van der Waals surface area contributed by atoms with E-state index >= 15 is 0 Å². The van der Waals surface area contributed by atoms with Crippen molar-refractivity contribution in [3.8, 4) is 0 Å². The summed E-state index contributed by atoms with van der Waals surface area (Å²) < 4.78 is 15.1. The number of hydrogen-bond acceptors (Lipinski definition) is 6. The van der Waals surface area contributed by atoms with Crippen LogP contribution in [0.25, 0.3) is 10.2 Å². The molecule has 6 nitrogen and oxygen atoms in total. The second-order valence-electron chi connectivity index (χ2n) is 7.29. The summed E-state index contributed by atoms with van der Waals surface area (Å²) in [7, 11) is 0. The van der Waals surface area contributed by atoms with Gasteiger partial charge in [-0.2, -0.15) is 5.10 Å². The third-order valence-electron chi connectivity index (χ3n) is 5.32. The smallest absolute Gasteiger partial charge is 0.264 e. The maximum absolute atomic E-state index is 13.2. The fraction of sp³-hybridized carbons (Fsp3) is 0.286. The van der Waals surface area contributed by atoms with Crippen LogP contribution in [0, 0.1) is 12.7 Å². The highest BCUT2D eigenvalue weighted by Crippen LogP contribution is 2.30. The first kappa shape index (κ1) is 19.2. The number of benzene rings is 1. The lowest BCUT2D eigenvalue weighted by Gasteiger charge is -2.34. The third kappa shape index (κ3) is 3.59. The Hall–Kier alpha value is -2.78. The van der Waals surface area contributed by atoms with Crippen LogP contribution in [0.2, 0.25) is 0 Å². The van der Waals surface area contributed by atoms with Crippen molar-refractivity contribution in [1.82, 2.24) is 19.7 Å². The second kappa shape index (κ2) is 7.81. The van der Waals surface area contributed by atoms with E-state index in [0.29, 0.717) is 19.6 Å². The summed E-state index contributed by atoms with van der Waals surface area (Å²) in [6.45, 7) is 5.46. The number of aromatic nitrogens is 3. The molecule has 30 heavy (non-hydrogen) atoms. The zero-order valence-corrected chi connectivity index (χ0v) is 18.0. The standard InChI is InChI=1S/C21H20FN5OS2/c1-14-17-12-18(19(28)25-7-9-26(10-8-25)21-23-6-11-29-21)30-20(17)27(24-14)13-15-2-4-16(22)5-3-15/h2-6,11-12H,7-10,13H2,1H3. The normalized spacial score (nSPS) is 14.6. The Morgan fingerprint density at radius 2 is 1.93 bits per heavy atom. The maximum atomic E-state index is 13.2. The van der Waals surface area contributed by atoms with Crippen LogP contribution < -0.4 is 4.90 Å². The number of aryl methyl sites for hydroxylation is 1. The number of thiophene rings is 1. The summed E-state index contributed by atoms with van der Waals surface area (Å²) in [6, 6.07) is 8.40. The Bertz CT molecular complexity index is 1170. The molecule has 0 aliphatic carbocycles. The number of hydrogen-bond donors (Lipinski definition) is 0. The summed E-state index contributed by atoms with van der Waals surface area (Å²) in [6.07, 6.45) is 1.81. The largest absolute Gasteiger partial charge is 0.345 e. The van der Waals surface area contributed by atoms with Gasteiger partial charge in [0.15, 0.2) is 5.13 Å². The summed E-state index contributed by atoms with van der Waals surface area (Å²) in [5.74, 6) is -0.178. The van der Waals surface area contributed by atoms with Gasteiger partial charge in [-0.1, -0.05) is 12.1 Å². The lowest BCUT2D eigenvalue weighted by molar-refractivity contribution is 0.0751. The molecule has 4 aromatic rings. The van der Waals surface area contributed by atoms with Gasteiger partial charge in [-0.05, 0) is 30.7 Å². The fourth-order valence-corrected chi connectivity index (χ4v) is 5.54. The first-order valence-corrected chi connectivity index (χ1v) is 11.4. The van der Waals surface area contributed by atoms with Crippen molar-refractivity contribution in [2.45, 2.75) is 13.5 Å². The summed E-state index contributed by atoms with van der Waals surface area (Å²) >= 11 is 3.11. The number of piperazine rings is 1. The Balaban J connectivity index is 1.33. The number of carbonyl (C=O) groups excluding carboxylic acids is 1. The molecule has 9 heteroatoms. The van der Waals surface area contributed by atoms with E-state index in [1.54, 1.807) is 23.5 Å². The van der Waals surface area contributed by atoms with Crippen LogP contribution in [0.4, 0.5) is 9.52 Å². The molecule has 0 saturated carbocycles. The minimum absolute atomic E-state index is 0.0720. The highest BCUT2D eigenvalue weighted by atomic mass is 32.1. The molecule has 0 radical (unpaired) electrons. The first-order valence-electron chi connectivity index (χ1n) is 9.73. The fourth-order valence-electron chi connectivity index (χ4n) is 3.72. The van der Waals surface area contributed by atoms with E-state index in [1.165, 1.54) is 23.5 Å². The van der Waals surface area contributed by atoms with Crippen LogP contribution >= 0.6 is 22.7 Å². The van der Waals surface area contributed by atoms with Crippen molar-refractivity contribution in [3.63, 3.8) is 0 Å². The predicted molar refractivity (Wildman–Crippen MR) is 118 cm³/mol. The van der Waals surface area contributed by atoms with Crippen molar-refractivity contribution >= 4 is 43.9 Å². The Kier molecular flexibility index (Phi) is 5.00. The van der Waals surface area contributed by atoms with E-state index in [4.69, 9.17) is 0 Å². The van der Waals surface area contributed by atoms with Crippen LogP contribution in [0.3, 0.4) is 0 Å². The van der Waals surface area contributed by atoms with Crippen LogP contribution in [0.1, 0.15) is 20.9 Å². The molecule has 1 aliphatic rings. The van der Waals surface area contributed by atoms with Crippen molar-refractivity contribution in [2.75, 3.05) is 31.1 Å². The molecular weight excluding hydrogens is 421 g/mol. The lowest BCUT2D eigenvalue weighted by atomic mass is 10.2. The monoisotopic (exact) mass is 441 g/mol. The van der Waals surface area contributed by atoms with E-state index in [-0.39, 0.29) is 11.7 Å². The summed E-state index contributed by atoms with van der Waals surface area (Å²) in [5, 5.41) is 8.61. The number of halogens is 1. The third-order valence-corrected chi connectivity index (χ3v) is 7.29. The molecule has 0 bridgehead atoms. The lowest BCUT2D eigenvalue weighted by Crippen LogP contribution is -2.48. The van der Waals surface area contributed by atoms with Gasteiger partial charge in [-0.15, -0.1) is 22.7 Å². The van der Waals surface area contributed by atoms with E-state index in [0.717, 1.165) is 44.6 Å². The summed E-state index contributed by atoms with van der Waals surface area (Å²) in [4.78, 5) is 23.3. The van der Waals surface area contributed by atoms with Gasteiger partial charge in [0.1, 0.15) is 10.6 Å². The van der Waals surface area contributed by atoms with Gasteiger partial charge in [-0.3, -0.25) is 9.48 Å². The number of amides is 1. The van der Waals surface area contributed by atoms with E-state index in [2.05, 4.69) is 15.0 Å². The van der Waals surface area contributed by atoms with Crippen molar-refractivity contribution in [3.05, 3.63) is 63.9 Å². The average Bonchev–Trinajstić information content (AvgIpc) is 3.49. The van der Waals surface area contributed by atoms with Crippen LogP contribution in [0.15, 0.2) is 41.9 Å². The quantitative estimate of drug-likeness (QED) is 0.480. The summed E-state index contributed by atoms with van der Waals surface area (Å²) in [5.41, 5.74) is 1.87. The predicted octanol–water partition coefficient (Wildman–Crippen LogP) is 4.01. The number of fused-ring (bicyclic) bond motifs is 1. The molecule has 3 aromatic heterocycles. The molecule has 0 atom stereocenters. The van der Waals surface area contributed by atoms with Gasteiger partial charge < -0.3 is 9.80 Å². The topological polar surface area (TPSA) is 54.3 Å². The number of rotatable bonds is 4. The van der Waals surface area contributed by atoms with Gasteiger partial charge in [-0.25, -0.2) is 9.37 Å². The molecule has 1 fully saturated rings. The Morgan fingerprint density at radius 1 is 1.17 bits per heavy atom. The highest BCUT2D eigenvalue weighted by Gasteiger charge is 2.25. The highest BCUT2D eigenvalue weighted by molar-refractivity contribution is 7.20. The molecule has 0 spiro atoms. The molecule has 1 amide bonds. The van der Waals surface area contributed by atoms with Crippen LogP contribution in [-0.4, -0.2) is 51.8 Å². The number of thiazole rings is 1. The molecule has 1 aromatic carbocycles. The van der Waals surface area contributed by atoms with E-state index < -0.39 is 0 Å². The Labute approximate surface area is 181 Å². The molecule has 1 aliphatic heterocycles. The molecule has 0 N–H and O–H groups in total. The zero-order chi connectivity index (χ0) is 20.7. The van der Waals surface area contributed by atoms with Gasteiger partial charge in [0.05, 0.1) is 17.1 Å². The van der Waals surface area contributed by atoms with Gasteiger partial charge in [0.2, 0.25) is 0 Å². The molecular formula is C21H20FN5OS2. The SMILES string of the molecule is Cc1nn(Cc2ccc(F)cc2)c2sc(C(=O)N3CCN(c4nccs4)CC3)cc12. The molecule has 1 saturated heterocycles. The average molecular weight is 442 g/mol.